The number of rotatable bonds is 9. The molecule has 3 N–H and O–H groups in total. The molecule has 0 rings (SSSR count). The second-order valence-corrected chi connectivity index (χ2v) is 5.36. The van der Waals surface area contributed by atoms with Crippen molar-refractivity contribution in [2.24, 2.45) is 5.92 Å². The van der Waals surface area contributed by atoms with Gasteiger partial charge in [-0.1, -0.05) is 27.7 Å². The number of carboxylic acids is 1. The summed E-state index contributed by atoms with van der Waals surface area (Å²) in [5.41, 5.74) is 0. The van der Waals surface area contributed by atoms with E-state index in [1.807, 2.05) is 27.7 Å². The molecule has 6 nitrogen and oxygen atoms in total. The maximum atomic E-state index is 12.2. The van der Waals surface area contributed by atoms with E-state index in [4.69, 9.17) is 10.2 Å². The van der Waals surface area contributed by atoms with Crippen molar-refractivity contribution in [2.75, 3.05) is 13.2 Å². The summed E-state index contributed by atoms with van der Waals surface area (Å²) >= 11 is 0. The van der Waals surface area contributed by atoms with Gasteiger partial charge >= 0.3 is 12.0 Å². The number of aliphatic hydroxyl groups excluding tert-OH is 1. The summed E-state index contributed by atoms with van der Waals surface area (Å²) in [5, 5.41) is 20.8. The molecular formula is C14H28N2O4. The lowest BCUT2D eigenvalue weighted by Crippen LogP contribution is -2.52. The van der Waals surface area contributed by atoms with Crippen LogP contribution in [0.2, 0.25) is 0 Å². The monoisotopic (exact) mass is 288 g/mol. The normalized spacial score (nSPS) is 12.6. The Balaban J connectivity index is 4.82. The molecule has 1 unspecified atom stereocenters. The molecule has 0 fully saturated rings. The third-order valence-electron chi connectivity index (χ3n) is 3.29. The molecule has 0 saturated carbocycles. The van der Waals surface area contributed by atoms with Gasteiger partial charge in [-0.15, -0.1) is 0 Å². The third kappa shape index (κ3) is 6.23. The highest BCUT2D eigenvalue weighted by Crippen LogP contribution is 2.10. The molecule has 1 atom stereocenters. The molecule has 0 aromatic carbocycles. The van der Waals surface area contributed by atoms with Gasteiger partial charge in [0.25, 0.3) is 0 Å². The van der Waals surface area contributed by atoms with Crippen LogP contribution in [-0.4, -0.2) is 52.3 Å². The summed E-state index contributed by atoms with van der Waals surface area (Å²) in [6.45, 7) is 7.84. The van der Waals surface area contributed by atoms with E-state index < -0.39 is 18.0 Å². The Hall–Kier alpha value is -1.30. The first-order valence-electron chi connectivity index (χ1n) is 7.28. The van der Waals surface area contributed by atoms with Crippen LogP contribution in [0.4, 0.5) is 4.79 Å². The first-order chi connectivity index (χ1) is 9.37. The molecule has 0 aromatic heterocycles. The summed E-state index contributed by atoms with van der Waals surface area (Å²) in [4.78, 5) is 24.9. The molecule has 0 aromatic rings. The number of nitrogens with zero attached hydrogens (tertiary/aromatic N) is 1. The lowest BCUT2D eigenvalue weighted by atomic mass is 10.0. The van der Waals surface area contributed by atoms with Crippen LogP contribution in [0.15, 0.2) is 0 Å². The predicted octanol–water partition coefficient (Wildman–Crippen LogP) is 1.68. The van der Waals surface area contributed by atoms with Gasteiger partial charge in [0.05, 0.1) is 6.61 Å². The zero-order chi connectivity index (χ0) is 15.7. The Bertz CT molecular complexity index is 304. The number of urea groups is 1. The van der Waals surface area contributed by atoms with Crippen LogP contribution >= 0.6 is 0 Å². The fourth-order valence-electron chi connectivity index (χ4n) is 2.21. The Kier molecular flexibility index (Phi) is 8.96. The first-order valence-corrected chi connectivity index (χ1v) is 7.28. The van der Waals surface area contributed by atoms with Crippen LogP contribution in [-0.2, 0) is 4.79 Å². The highest BCUT2D eigenvalue weighted by molar-refractivity contribution is 5.82. The van der Waals surface area contributed by atoms with E-state index in [-0.39, 0.29) is 25.1 Å². The van der Waals surface area contributed by atoms with E-state index in [2.05, 4.69) is 5.32 Å². The van der Waals surface area contributed by atoms with E-state index >= 15 is 0 Å². The van der Waals surface area contributed by atoms with Gasteiger partial charge in [-0.3, -0.25) is 0 Å². The summed E-state index contributed by atoms with van der Waals surface area (Å²) in [6.07, 6.45) is 1.93. The van der Waals surface area contributed by atoms with Gasteiger partial charge < -0.3 is 20.4 Å². The van der Waals surface area contributed by atoms with Crippen molar-refractivity contribution in [1.82, 2.24) is 10.2 Å². The average Bonchev–Trinajstić information content (AvgIpc) is 2.37. The molecule has 2 amide bonds. The Morgan fingerprint density at radius 3 is 2.10 bits per heavy atom. The van der Waals surface area contributed by atoms with Crippen molar-refractivity contribution in [3.05, 3.63) is 0 Å². The summed E-state index contributed by atoms with van der Waals surface area (Å²) in [7, 11) is 0. The second kappa shape index (κ2) is 9.58. The third-order valence-corrected chi connectivity index (χ3v) is 3.29. The van der Waals surface area contributed by atoms with Gasteiger partial charge in [0, 0.05) is 12.6 Å². The number of aliphatic hydroxyl groups is 1. The van der Waals surface area contributed by atoms with Crippen molar-refractivity contribution in [3.63, 3.8) is 0 Å². The fraction of sp³-hybridized carbons (Fsp3) is 0.857. The highest BCUT2D eigenvalue weighted by Gasteiger charge is 2.26. The van der Waals surface area contributed by atoms with Gasteiger partial charge in [-0.05, 0) is 25.2 Å². The molecular weight excluding hydrogens is 260 g/mol. The molecule has 20 heavy (non-hydrogen) atoms. The van der Waals surface area contributed by atoms with Gasteiger partial charge in [0.2, 0.25) is 0 Å². The van der Waals surface area contributed by atoms with Gasteiger partial charge in [0.15, 0.2) is 0 Å². The van der Waals surface area contributed by atoms with Crippen molar-refractivity contribution in [2.45, 2.75) is 59.0 Å². The van der Waals surface area contributed by atoms with Crippen LogP contribution in [0, 0.1) is 5.92 Å². The molecule has 0 aliphatic heterocycles. The molecule has 0 aliphatic rings. The van der Waals surface area contributed by atoms with Crippen LogP contribution in [0.5, 0.6) is 0 Å². The number of aliphatic carboxylic acids is 1. The zero-order valence-corrected chi connectivity index (χ0v) is 12.9. The molecule has 0 heterocycles. The van der Waals surface area contributed by atoms with Crippen molar-refractivity contribution < 1.29 is 19.8 Å². The maximum Gasteiger partial charge on any atom is 0.326 e. The minimum absolute atomic E-state index is 0.00986. The summed E-state index contributed by atoms with van der Waals surface area (Å²) in [6, 6.07) is -1.30. The highest BCUT2D eigenvalue weighted by atomic mass is 16.4. The Morgan fingerprint density at radius 1 is 1.20 bits per heavy atom. The number of nitrogens with one attached hydrogen (secondary N) is 1. The molecule has 6 heteroatoms. The second-order valence-electron chi connectivity index (χ2n) is 5.36. The Labute approximate surface area is 121 Å². The number of carboxylic acid groups (broad SMARTS) is 1. The fourth-order valence-corrected chi connectivity index (χ4v) is 2.21. The van der Waals surface area contributed by atoms with Crippen LogP contribution < -0.4 is 5.32 Å². The summed E-state index contributed by atoms with van der Waals surface area (Å²) in [5.74, 6) is -0.851. The number of carbonyl (C=O) groups is 2. The maximum absolute atomic E-state index is 12.2. The van der Waals surface area contributed by atoms with E-state index in [9.17, 15) is 9.59 Å². The first kappa shape index (κ1) is 18.7. The van der Waals surface area contributed by atoms with Gasteiger partial charge in [-0.2, -0.15) is 0 Å². The minimum Gasteiger partial charge on any atom is -0.480 e. The smallest absolute Gasteiger partial charge is 0.326 e. The van der Waals surface area contributed by atoms with Crippen molar-refractivity contribution in [1.29, 1.82) is 0 Å². The van der Waals surface area contributed by atoms with Crippen LogP contribution in [0.3, 0.4) is 0 Å². The average molecular weight is 288 g/mol. The standard InChI is InChI=1S/C14H28N2O4/c1-5-11(6-2)16(7-8-17)14(20)15-12(13(18)19)9-10(3)4/h10-12,17H,5-9H2,1-4H3,(H,15,20)(H,18,19). The van der Waals surface area contributed by atoms with Crippen molar-refractivity contribution >= 4 is 12.0 Å². The quantitative estimate of drug-likeness (QED) is 0.602. The minimum atomic E-state index is -1.03. The largest absolute Gasteiger partial charge is 0.480 e. The Morgan fingerprint density at radius 2 is 1.75 bits per heavy atom. The zero-order valence-electron chi connectivity index (χ0n) is 12.9. The lowest BCUT2D eigenvalue weighted by molar-refractivity contribution is -0.139. The van der Waals surface area contributed by atoms with Crippen LogP contribution in [0.25, 0.3) is 0 Å². The van der Waals surface area contributed by atoms with E-state index in [0.717, 1.165) is 12.8 Å². The van der Waals surface area contributed by atoms with Crippen molar-refractivity contribution in [3.8, 4) is 0 Å². The lowest BCUT2D eigenvalue weighted by Gasteiger charge is -2.31. The van der Waals surface area contributed by atoms with E-state index in [1.54, 1.807) is 0 Å². The number of amides is 2. The molecule has 0 radical (unpaired) electrons. The van der Waals surface area contributed by atoms with Crippen LogP contribution in [0.1, 0.15) is 47.0 Å². The molecule has 0 saturated heterocycles. The molecule has 118 valence electrons. The predicted molar refractivity (Wildman–Crippen MR) is 77.6 cm³/mol. The topological polar surface area (TPSA) is 89.9 Å². The summed E-state index contributed by atoms with van der Waals surface area (Å²) < 4.78 is 0. The number of carbonyl (C=O) groups excluding carboxylic acids is 1. The van der Waals surface area contributed by atoms with Gasteiger partial charge in [0.1, 0.15) is 6.04 Å². The SMILES string of the molecule is CCC(CC)N(CCO)C(=O)NC(CC(C)C)C(=O)O. The number of hydrogen-bond donors (Lipinski definition) is 3. The molecule has 0 aliphatic carbocycles. The van der Waals surface area contributed by atoms with E-state index in [1.165, 1.54) is 4.90 Å². The van der Waals surface area contributed by atoms with E-state index in [0.29, 0.717) is 6.42 Å². The molecule has 0 bridgehead atoms. The number of hydrogen-bond acceptors (Lipinski definition) is 3. The molecule has 0 spiro atoms. The van der Waals surface area contributed by atoms with Gasteiger partial charge in [-0.25, -0.2) is 9.59 Å².